The molecular formula is C20H16O5. The number of benzene rings is 2. The number of aromatic hydroxyl groups is 2. The lowest BCUT2D eigenvalue weighted by Crippen LogP contribution is -2.22. The van der Waals surface area contributed by atoms with Crippen LogP contribution in [0.25, 0.3) is 11.1 Å². The van der Waals surface area contributed by atoms with Gasteiger partial charge in [0.2, 0.25) is 0 Å². The third-order valence-electron chi connectivity index (χ3n) is 5.65. The Labute approximate surface area is 143 Å². The number of Topliss-reactive ketones (excluding diaryl/α,β-unsaturated/α-hetero) is 1. The van der Waals surface area contributed by atoms with Crippen LogP contribution >= 0.6 is 0 Å². The molecule has 1 unspecified atom stereocenters. The highest BCUT2D eigenvalue weighted by Crippen LogP contribution is 2.59. The highest BCUT2D eigenvalue weighted by molar-refractivity contribution is 6.14. The largest absolute Gasteiger partial charge is 0.508 e. The van der Waals surface area contributed by atoms with Gasteiger partial charge in [-0.15, -0.1) is 0 Å². The number of carbonyl (C=O) groups is 1. The molecule has 0 saturated carbocycles. The number of hydrogen-bond donors (Lipinski definition) is 4. The summed E-state index contributed by atoms with van der Waals surface area (Å²) in [6.45, 7) is 0. The summed E-state index contributed by atoms with van der Waals surface area (Å²) < 4.78 is 0. The molecule has 4 N–H and O–H groups in total. The minimum Gasteiger partial charge on any atom is -0.508 e. The summed E-state index contributed by atoms with van der Waals surface area (Å²) in [4.78, 5) is 12.6. The first-order valence-corrected chi connectivity index (χ1v) is 8.31. The van der Waals surface area contributed by atoms with Crippen molar-refractivity contribution < 1.29 is 25.2 Å². The second kappa shape index (κ2) is 4.71. The Kier molecular flexibility index (Phi) is 2.77. The molecule has 0 radical (unpaired) electrons. The van der Waals surface area contributed by atoms with Crippen molar-refractivity contribution in [2.75, 3.05) is 0 Å². The molecular weight excluding hydrogens is 320 g/mol. The fourth-order valence-electron chi connectivity index (χ4n) is 4.71. The van der Waals surface area contributed by atoms with Crippen molar-refractivity contribution in [1.29, 1.82) is 0 Å². The lowest BCUT2D eigenvalue weighted by Gasteiger charge is -2.29. The van der Waals surface area contributed by atoms with Crippen LogP contribution in [0.1, 0.15) is 57.5 Å². The first-order valence-electron chi connectivity index (χ1n) is 8.31. The van der Waals surface area contributed by atoms with E-state index in [2.05, 4.69) is 0 Å². The Balaban J connectivity index is 1.90. The molecule has 0 aromatic heterocycles. The number of phenols is 2. The molecule has 3 aliphatic carbocycles. The lowest BCUT2D eigenvalue weighted by molar-refractivity contribution is 0.0970. The number of rotatable bonds is 0. The fourth-order valence-corrected chi connectivity index (χ4v) is 4.71. The summed E-state index contributed by atoms with van der Waals surface area (Å²) >= 11 is 0. The number of aliphatic hydroxyl groups excluding tert-OH is 2. The highest BCUT2D eigenvalue weighted by atomic mass is 16.3. The number of carbonyl (C=O) groups excluding carboxylic acids is 1. The van der Waals surface area contributed by atoms with Gasteiger partial charge in [-0.25, -0.2) is 0 Å². The van der Waals surface area contributed by atoms with Gasteiger partial charge in [-0.1, -0.05) is 18.2 Å². The minimum atomic E-state index is -0.950. The molecule has 0 heterocycles. The van der Waals surface area contributed by atoms with Crippen LogP contribution in [0.5, 0.6) is 11.5 Å². The summed E-state index contributed by atoms with van der Waals surface area (Å²) in [7, 11) is 0. The summed E-state index contributed by atoms with van der Waals surface area (Å²) in [6.07, 6.45) is -1.54. The maximum absolute atomic E-state index is 12.6. The molecule has 0 spiro atoms. The Morgan fingerprint density at radius 2 is 1.68 bits per heavy atom. The Morgan fingerprint density at radius 3 is 2.48 bits per heavy atom. The van der Waals surface area contributed by atoms with Crippen LogP contribution in [0.2, 0.25) is 0 Å². The zero-order valence-electron chi connectivity index (χ0n) is 13.2. The van der Waals surface area contributed by atoms with Gasteiger partial charge in [0, 0.05) is 24.3 Å². The van der Waals surface area contributed by atoms with Gasteiger partial charge in [0.05, 0.1) is 17.8 Å². The SMILES string of the molecule is O=C1CC2C(=C3c4c2ccc(O)c4[C@@H](O)C[C@@H]3O)c2cccc(O)c21. The van der Waals surface area contributed by atoms with Crippen molar-refractivity contribution >= 4 is 16.9 Å². The molecule has 0 bridgehead atoms. The minimum absolute atomic E-state index is 0.00245. The van der Waals surface area contributed by atoms with Crippen molar-refractivity contribution in [1.82, 2.24) is 0 Å². The van der Waals surface area contributed by atoms with E-state index >= 15 is 0 Å². The van der Waals surface area contributed by atoms with E-state index in [9.17, 15) is 25.2 Å². The molecule has 5 heteroatoms. The molecule has 0 saturated heterocycles. The number of ketones is 1. The molecule has 3 atom stereocenters. The Bertz CT molecular complexity index is 988. The molecule has 0 aliphatic heterocycles. The molecule has 5 rings (SSSR count). The number of allylic oxidation sites excluding steroid dienone is 1. The molecule has 0 fully saturated rings. The van der Waals surface area contributed by atoms with Crippen LogP contribution in [0, 0.1) is 0 Å². The average molecular weight is 336 g/mol. The third-order valence-corrected chi connectivity index (χ3v) is 5.65. The normalized spacial score (nSPS) is 26.3. The van der Waals surface area contributed by atoms with Crippen LogP contribution in [0.4, 0.5) is 0 Å². The summed E-state index contributed by atoms with van der Waals surface area (Å²) in [5.41, 5.74) is 4.34. The zero-order valence-corrected chi connectivity index (χ0v) is 13.2. The first-order chi connectivity index (χ1) is 12.0. The van der Waals surface area contributed by atoms with Gasteiger partial charge < -0.3 is 20.4 Å². The summed E-state index contributed by atoms with van der Waals surface area (Å²) in [6, 6.07) is 8.26. The van der Waals surface area contributed by atoms with E-state index in [1.165, 1.54) is 12.1 Å². The van der Waals surface area contributed by atoms with Gasteiger partial charge in [-0.3, -0.25) is 4.79 Å². The van der Waals surface area contributed by atoms with Crippen LogP contribution < -0.4 is 0 Å². The van der Waals surface area contributed by atoms with Crippen molar-refractivity contribution in [3.05, 3.63) is 58.1 Å². The molecule has 3 aliphatic rings. The average Bonchev–Trinajstić information content (AvgIpc) is 2.88. The number of fused-ring (bicyclic) bond motifs is 4. The second-order valence-corrected chi connectivity index (χ2v) is 6.94. The lowest BCUT2D eigenvalue weighted by atomic mass is 9.77. The molecule has 2 aromatic rings. The van der Waals surface area contributed by atoms with E-state index in [4.69, 9.17) is 0 Å². The van der Waals surface area contributed by atoms with Crippen LogP contribution in [-0.4, -0.2) is 32.3 Å². The van der Waals surface area contributed by atoms with Gasteiger partial charge in [0.15, 0.2) is 5.78 Å². The molecule has 0 amide bonds. The molecule has 2 aromatic carbocycles. The first kappa shape index (κ1) is 14.7. The van der Waals surface area contributed by atoms with E-state index in [0.29, 0.717) is 22.3 Å². The van der Waals surface area contributed by atoms with Gasteiger partial charge in [-0.05, 0) is 40.0 Å². The summed E-state index contributed by atoms with van der Waals surface area (Å²) in [5.74, 6) is -0.431. The smallest absolute Gasteiger partial charge is 0.168 e. The van der Waals surface area contributed by atoms with Crippen LogP contribution in [0.15, 0.2) is 30.3 Å². The summed E-state index contributed by atoms with van der Waals surface area (Å²) in [5, 5.41) is 41.4. The van der Waals surface area contributed by atoms with Gasteiger partial charge in [-0.2, -0.15) is 0 Å². The van der Waals surface area contributed by atoms with E-state index in [1.807, 2.05) is 0 Å². The number of phenolic OH excluding ortho intramolecular Hbond substituents is 2. The monoisotopic (exact) mass is 336 g/mol. The van der Waals surface area contributed by atoms with E-state index in [0.717, 1.165) is 11.1 Å². The maximum Gasteiger partial charge on any atom is 0.168 e. The van der Waals surface area contributed by atoms with E-state index in [-0.39, 0.29) is 41.6 Å². The molecule has 25 heavy (non-hydrogen) atoms. The Hall–Kier alpha value is -2.63. The van der Waals surface area contributed by atoms with Crippen LogP contribution in [0.3, 0.4) is 0 Å². The maximum atomic E-state index is 12.6. The van der Waals surface area contributed by atoms with Crippen molar-refractivity contribution in [3.63, 3.8) is 0 Å². The molecule has 126 valence electrons. The highest BCUT2D eigenvalue weighted by Gasteiger charge is 2.46. The van der Waals surface area contributed by atoms with Crippen molar-refractivity contribution in [3.8, 4) is 11.5 Å². The van der Waals surface area contributed by atoms with Crippen molar-refractivity contribution in [2.45, 2.75) is 31.0 Å². The topological polar surface area (TPSA) is 98.0 Å². The number of hydrogen-bond acceptors (Lipinski definition) is 5. The third kappa shape index (κ3) is 1.72. The van der Waals surface area contributed by atoms with Gasteiger partial charge in [0.1, 0.15) is 11.5 Å². The Morgan fingerprint density at radius 1 is 0.880 bits per heavy atom. The quantitative estimate of drug-likeness (QED) is 0.592. The van der Waals surface area contributed by atoms with Gasteiger partial charge in [0.25, 0.3) is 0 Å². The van der Waals surface area contributed by atoms with Crippen LogP contribution in [-0.2, 0) is 0 Å². The standard InChI is InChI=1S/C20H16O5/c21-11-3-1-2-9-16-10(6-13(23)17(9)11)8-4-5-12(22)19-14(24)7-15(25)20(16)18(8)19/h1-5,10,14-15,21-22,24-25H,6-7H2/t10?,14-,15-/m0/s1. The zero-order chi connectivity index (χ0) is 17.5. The predicted octanol–water partition coefficient (Wildman–Crippen LogP) is 2.49. The van der Waals surface area contributed by atoms with Crippen molar-refractivity contribution in [2.24, 2.45) is 0 Å². The second-order valence-electron chi connectivity index (χ2n) is 6.94. The molecule has 5 nitrogen and oxygen atoms in total. The van der Waals surface area contributed by atoms with E-state index < -0.39 is 12.2 Å². The predicted molar refractivity (Wildman–Crippen MR) is 90.3 cm³/mol. The van der Waals surface area contributed by atoms with E-state index in [1.54, 1.807) is 18.2 Å². The van der Waals surface area contributed by atoms with Gasteiger partial charge >= 0.3 is 0 Å². The number of aliphatic hydroxyl groups is 2. The fraction of sp³-hybridized carbons (Fsp3) is 0.250.